The highest BCUT2D eigenvalue weighted by Gasteiger charge is 2.32. The van der Waals surface area contributed by atoms with E-state index in [0.717, 1.165) is 42.8 Å². The highest BCUT2D eigenvalue weighted by molar-refractivity contribution is 5.95. The summed E-state index contributed by atoms with van der Waals surface area (Å²) in [5.41, 5.74) is 7.47. The smallest absolute Gasteiger partial charge is 0.272 e. The highest BCUT2D eigenvalue weighted by atomic mass is 16.2. The van der Waals surface area contributed by atoms with Crippen molar-refractivity contribution in [1.82, 2.24) is 40.2 Å². The molecule has 0 atom stereocenters. The van der Waals surface area contributed by atoms with Crippen LogP contribution < -0.4 is 5.32 Å². The van der Waals surface area contributed by atoms with Gasteiger partial charge in [0.05, 0.1) is 11.9 Å². The van der Waals surface area contributed by atoms with E-state index in [1.165, 1.54) is 16.7 Å². The lowest BCUT2D eigenvalue weighted by molar-refractivity contribution is 0.0608. The molecule has 3 aromatic heterocycles. The second-order valence-electron chi connectivity index (χ2n) is 9.49. The third-order valence-electron chi connectivity index (χ3n) is 6.86. The van der Waals surface area contributed by atoms with Crippen LogP contribution in [-0.2, 0) is 13.1 Å². The van der Waals surface area contributed by atoms with Crippen molar-refractivity contribution in [1.29, 1.82) is 0 Å². The molecule has 5 heterocycles. The first-order chi connectivity index (χ1) is 17.0. The zero-order valence-corrected chi connectivity index (χ0v) is 19.8. The summed E-state index contributed by atoms with van der Waals surface area (Å²) in [6, 6.07) is 8.47. The van der Waals surface area contributed by atoms with Crippen LogP contribution in [0.15, 0.2) is 36.7 Å². The number of carbonyl (C=O) groups excluding carboxylic acids is 1. The average molecular weight is 470 g/mol. The Bertz CT molecular complexity index is 1390. The molecule has 2 N–H and O–H groups in total. The molecule has 35 heavy (non-hydrogen) atoms. The number of hydrogen-bond donors (Lipinski definition) is 2. The molecule has 6 rings (SSSR count). The van der Waals surface area contributed by atoms with Crippen LogP contribution in [0.25, 0.3) is 11.0 Å². The van der Waals surface area contributed by atoms with Crippen LogP contribution >= 0.6 is 0 Å². The van der Waals surface area contributed by atoms with Gasteiger partial charge in [-0.1, -0.05) is 11.3 Å². The largest absolute Gasteiger partial charge is 0.337 e. The number of H-pyrrole nitrogens is 1. The average Bonchev–Trinajstić information content (AvgIpc) is 3.49. The van der Waals surface area contributed by atoms with Crippen molar-refractivity contribution in [3.05, 3.63) is 64.7 Å². The minimum Gasteiger partial charge on any atom is -0.337 e. The maximum Gasteiger partial charge on any atom is 0.272 e. The zero-order chi connectivity index (χ0) is 23.9. The van der Waals surface area contributed by atoms with E-state index in [4.69, 9.17) is 4.98 Å². The van der Waals surface area contributed by atoms with Crippen LogP contribution in [-0.4, -0.2) is 65.2 Å². The summed E-state index contributed by atoms with van der Waals surface area (Å²) in [4.78, 5) is 31.0. The van der Waals surface area contributed by atoms with Crippen molar-refractivity contribution in [2.75, 3.05) is 18.4 Å². The molecule has 0 bridgehead atoms. The number of benzene rings is 1. The topological polar surface area (TPSA) is 116 Å². The predicted molar refractivity (Wildman–Crippen MR) is 131 cm³/mol. The van der Waals surface area contributed by atoms with Gasteiger partial charge in [-0.3, -0.25) is 14.8 Å². The fourth-order valence-corrected chi connectivity index (χ4v) is 5.13. The van der Waals surface area contributed by atoms with Gasteiger partial charge >= 0.3 is 0 Å². The van der Waals surface area contributed by atoms with Crippen LogP contribution in [0.3, 0.4) is 0 Å². The van der Waals surface area contributed by atoms with Crippen molar-refractivity contribution in [3.8, 4) is 0 Å². The van der Waals surface area contributed by atoms with Crippen molar-refractivity contribution >= 4 is 28.6 Å². The lowest BCUT2D eigenvalue weighted by Crippen LogP contribution is -2.45. The lowest BCUT2D eigenvalue weighted by atomic mass is 10.0. The molecule has 0 spiro atoms. The maximum atomic E-state index is 13.0. The molecule has 178 valence electrons. The quantitative estimate of drug-likeness (QED) is 0.468. The minimum absolute atomic E-state index is 0.0500. The summed E-state index contributed by atoms with van der Waals surface area (Å²) in [5, 5.41) is 13.9. The van der Waals surface area contributed by atoms with Crippen LogP contribution in [0.1, 0.15) is 45.7 Å². The Kier molecular flexibility index (Phi) is 5.37. The van der Waals surface area contributed by atoms with E-state index in [-0.39, 0.29) is 5.91 Å². The fourth-order valence-electron chi connectivity index (χ4n) is 5.13. The second kappa shape index (κ2) is 8.70. The van der Waals surface area contributed by atoms with Crippen LogP contribution in [0.4, 0.5) is 11.6 Å². The van der Waals surface area contributed by atoms with E-state index in [2.05, 4.69) is 67.6 Å². The number of aromatic nitrogens is 6. The van der Waals surface area contributed by atoms with Gasteiger partial charge in [-0.2, -0.15) is 0 Å². The van der Waals surface area contributed by atoms with Crippen LogP contribution in [0.5, 0.6) is 0 Å². The maximum absolute atomic E-state index is 13.0. The SMILES string of the molecule is Cc1cc(C)cc(Nc2ncc3c(n2)CN(C2CCN(C(=O)c4cc5nn[nH]c5cn4)CC2)C3)c1. The van der Waals surface area contributed by atoms with E-state index >= 15 is 0 Å². The van der Waals surface area contributed by atoms with Crippen molar-refractivity contribution < 1.29 is 4.79 Å². The third-order valence-corrected chi connectivity index (χ3v) is 6.86. The van der Waals surface area contributed by atoms with Crippen LogP contribution in [0, 0.1) is 13.8 Å². The summed E-state index contributed by atoms with van der Waals surface area (Å²) in [5.74, 6) is 0.582. The van der Waals surface area contributed by atoms with E-state index in [0.29, 0.717) is 36.3 Å². The zero-order valence-electron chi connectivity index (χ0n) is 19.8. The number of piperidine rings is 1. The van der Waals surface area contributed by atoms with Gasteiger partial charge in [-0.25, -0.2) is 15.0 Å². The molecule has 0 saturated carbocycles. The molecular formula is C25H27N9O. The molecule has 1 amide bonds. The molecule has 0 radical (unpaired) electrons. The molecule has 2 aliphatic rings. The Labute approximate surface area is 202 Å². The number of nitrogens with one attached hydrogen (secondary N) is 2. The number of hydrogen-bond acceptors (Lipinski definition) is 8. The number of carbonyl (C=O) groups is 1. The Balaban J connectivity index is 1.08. The van der Waals surface area contributed by atoms with E-state index in [1.807, 2.05) is 11.1 Å². The second-order valence-corrected chi connectivity index (χ2v) is 9.49. The standard InChI is InChI=1S/C25H27N9O/c1-15-7-16(2)9-18(8-15)28-25-27-11-17-13-34(14-23(17)29-25)19-3-5-33(6-4-19)24(35)21-10-20-22(12-26-21)31-32-30-20/h7-12,19H,3-6,13-14H2,1-2H3,(H,27,28,29)(H,30,31,32). The Morgan fingerprint density at radius 3 is 2.63 bits per heavy atom. The number of fused-ring (bicyclic) bond motifs is 2. The van der Waals surface area contributed by atoms with Gasteiger partial charge < -0.3 is 10.2 Å². The summed E-state index contributed by atoms with van der Waals surface area (Å²) in [6.07, 6.45) is 5.40. The number of nitrogens with zero attached hydrogens (tertiary/aromatic N) is 7. The third kappa shape index (κ3) is 4.32. The lowest BCUT2D eigenvalue weighted by Gasteiger charge is -2.36. The molecule has 4 aromatic rings. The van der Waals surface area contributed by atoms with E-state index < -0.39 is 0 Å². The molecule has 2 aliphatic heterocycles. The molecule has 10 nitrogen and oxygen atoms in total. The first kappa shape index (κ1) is 21.6. The van der Waals surface area contributed by atoms with Crippen LogP contribution in [0.2, 0.25) is 0 Å². The van der Waals surface area contributed by atoms with Gasteiger partial charge in [-0.05, 0) is 56.0 Å². The normalized spacial score (nSPS) is 16.6. The van der Waals surface area contributed by atoms with Crippen molar-refractivity contribution in [2.45, 2.75) is 45.8 Å². The Morgan fingerprint density at radius 2 is 1.83 bits per heavy atom. The summed E-state index contributed by atoms with van der Waals surface area (Å²) >= 11 is 0. The number of anilines is 2. The predicted octanol–water partition coefficient (Wildman–Crippen LogP) is 3.12. The van der Waals surface area contributed by atoms with Gasteiger partial charge in [0, 0.05) is 49.7 Å². The van der Waals surface area contributed by atoms with Gasteiger partial charge in [0.1, 0.15) is 16.7 Å². The van der Waals surface area contributed by atoms with Crippen molar-refractivity contribution in [2.24, 2.45) is 0 Å². The first-order valence-electron chi connectivity index (χ1n) is 11.9. The van der Waals surface area contributed by atoms with Gasteiger partial charge in [0.25, 0.3) is 5.91 Å². The van der Waals surface area contributed by atoms with E-state index in [9.17, 15) is 4.79 Å². The van der Waals surface area contributed by atoms with E-state index in [1.54, 1.807) is 12.3 Å². The van der Waals surface area contributed by atoms with Crippen molar-refractivity contribution in [3.63, 3.8) is 0 Å². The minimum atomic E-state index is -0.0500. The molecule has 0 aliphatic carbocycles. The number of likely N-dealkylation sites (tertiary alicyclic amines) is 1. The number of pyridine rings is 1. The number of rotatable bonds is 4. The number of amides is 1. The fraction of sp³-hybridized carbons (Fsp3) is 0.360. The monoisotopic (exact) mass is 469 g/mol. The summed E-state index contributed by atoms with van der Waals surface area (Å²) in [6.45, 7) is 7.25. The molecule has 1 fully saturated rings. The number of aromatic amines is 1. The molecule has 1 saturated heterocycles. The number of aryl methyl sites for hydroxylation is 2. The van der Waals surface area contributed by atoms with Gasteiger partial charge in [0.15, 0.2) is 0 Å². The Hall–Kier alpha value is -3.92. The van der Waals surface area contributed by atoms with Gasteiger partial charge in [-0.15, -0.1) is 5.10 Å². The molecule has 0 unspecified atom stereocenters. The molecular weight excluding hydrogens is 442 g/mol. The van der Waals surface area contributed by atoms with Gasteiger partial charge in [0.2, 0.25) is 5.95 Å². The summed E-state index contributed by atoms with van der Waals surface area (Å²) < 4.78 is 0. The first-order valence-corrected chi connectivity index (χ1v) is 11.9. The summed E-state index contributed by atoms with van der Waals surface area (Å²) in [7, 11) is 0. The Morgan fingerprint density at radius 1 is 1.03 bits per heavy atom. The highest BCUT2D eigenvalue weighted by Crippen LogP contribution is 2.29. The molecule has 10 heteroatoms. The molecule has 1 aromatic carbocycles.